The third kappa shape index (κ3) is 4.31. The van der Waals surface area contributed by atoms with Gasteiger partial charge in [0.05, 0.1) is 11.7 Å². The zero-order valence-corrected chi connectivity index (χ0v) is 20.2. The maximum Gasteiger partial charge on any atom is 0.337 e. The average Bonchev–Trinajstić information content (AvgIpc) is 2.78. The van der Waals surface area contributed by atoms with E-state index in [0.29, 0.717) is 17.6 Å². The Bertz CT molecular complexity index is 1100. The first-order valence-corrected chi connectivity index (χ1v) is 11.9. The number of allylic oxidation sites excluding steroid dienone is 3. The second-order valence-corrected chi connectivity index (χ2v) is 9.43. The topological polar surface area (TPSA) is 55.4 Å². The van der Waals surface area contributed by atoms with Crippen LogP contribution in [-0.4, -0.2) is 17.9 Å². The summed E-state index contributed by atoms with van der Waals surface area (Å²) in [6, 6.07) is 18.0. The van der Waals surface area contributed by atoms with E-state index in [2.05, 4.69) is 33.4 Å². The molecule has 32 heavy (non-hydrogen) atoms. The first-order valence-electron chi connectivity index (χ1n) is 11.1. The molecule has 1 heterocycles. The minimum absolute atomic E-state index is 0.0784. The number of ether oxygens (including phenoxy) is 1. The number of ketones is 1. The largest absolute Gasteiger partial charge is 0.459 e. The van der Waals surface area contributed by atoms with Gasteiger partial charge in [-0.2, -0.15) is 0 Å². The molecule has 0 unspecified atom stereocenters. The van der Waals surface area contributed by atoms with Crippen molar-refractivity contribution in [3.05, 3.63) is 92.7 Å². The highest BCUT2D eigenvalue weighted by atomic mass is 79.9. The molecular formula is C27H28BrNO3. The molecule has 1 aliphatic heterocycles. The second kappa shape index (κ2) is 9.45. The van der Waals surface area contributed by atoms with Gasteiger partial charge in [-0.05, 0) is 49.8 Å². The van der Waals surface area contributed by atoms with Crippen LogP contribution in [0, 0.1) is 0 Å². The fourth-order valence-electron chi connectivity index (χ4n) is 4.62. The summed E-state index contributed by atoms with van der Waals surface area (Å²) >= 11 is 3.65. The first-order chi connectivity index (χ1) is 15.4. The number of carbonyl (C=O) groups is 2. The summed E-state index contributed by atoms with van der Waals surface area (Å²) in [7, 11) is 0. The average molecular weight is 494 g/mol. The van der Waals surface area contributed by atoms with Crippen molar-refractivity contribution in [3.63, 3.8) is 0 Å². The minimum Gasteiger partial charge on any atom is -0.459 e. The van der Waals surface area contributed by atoms with Crippen molar-refractivity contribution in [1.82, 2.24) is 5.32 Å². The van der Waals surface area contributed by atoms with Crippen molar-refractivity contribution >= 4 is 27.7 Å². The van der Waals surface area contributed by atoms with Crippen molar-refractivity contribution in [2.45, 2.75) is 58.0 Å². The summed E-state index contributed by atoms with van der Waals surface area (Å²) < 4.78 is 6.59. The van der Waals surface area contributed by atoms with Crippen molar-refractivity contribution in [3.8, 4) is 0 Å². The fraction of sp³-hybridized carbons (Fsp3) is 0.333. The van der Waals surface area contributed by atoms with Crippen LogP contribution in [0.5, 0.6) is 0 Å². The van der Waals surface area contributed by atoms with Crippen LogP contribution in [0.1, 0.15) is 63.0 Å². The Morgan fingerprint density at radius 3 is 2.50 bits per heavy atom. The van der Waals surface area contributed by atoms with Gasteiger partial charge in [-0.3, -0.25) is 4.79 Å². The molecule has 5 heteroatoms. The van der Waals surface area contributed by atoms with Gasteiger partial charge in [0, 0.05) is 33.8 Å². The van der Waals surface area contributed by atoms with Gasteiger partial charge >= 0.3 is 5.97 Å². The Labute approximate surface area is 197 Å². The highest BCUT2D eigenvalue weighted by molar-refractivity contribution is 9.10. The van der Waals surface area contributed by atoms with E-state index in [1.165, 1.54) is 0 Å². The van der Waals surface area contributed by atoms with Gasteiger partial charge in [0.2, 0.25) is 0 Å². The zero-order valence-electron chi connectivity index (χ0n) is 18.7. The van der Waals surface area contributed by atoms with E-state index in [4.69, 9.17) is 4.74 Å². The third-order valence-electron chi connectivity index (χ3n) is 6.42. The molecule has 4 rings (SSSR count). The lowest BCUT2D eigenvalue weighted by Gasteiger charge is -2.37. The number of rotatable bonds is 5. The molecule has 2 aliphatic rings. The summed E-state index contributed by atoms with van der Waals surface area (Å²) in [5.41, 5.74) is 4.93. The number of carbonyl (C=O) groups excluding carboxylic acids is 2. The number of benzene rings is 2. The molecule has 2 aromatic carbocycles. The highest BCUT2D eigenvalue weighted by Gasteiger charge is 2.42. The summed E-state index contributed by atoms with van der Waals surface area (Å²) in [6.45, 7) is 5.77. The van der Waals surface area contributed by atoms with Crippen molar-refractivity contribution in [2.75, 3.05) is 0 Å². The van der Waals surface area contributed by atoms with Crippen molar-refractivity contribution in [1.29, 1.82) is 0 Å². The maximum absolute atomic E-state index is 13.6. The quantitative estimate of drug-likeness (QED) is 0.507. The molecule has 3 atom stereocenters. The Kier molecular flexibility index (Phi) is 6.66. The summed E-state index contributed by atoms with van der Waals surface area (Å²) in [6.07, 6.45) is 1.70. The van der Waals surface area contributed by atoms with Gasteiger partial charge in [0.25, 0.3) is 0 Å². The van der Waals surface area contributed by atoms with Gasteiger partial charge in [0.15, 0.2) is 5.78 Å². The Morgan fingerprint density at radius 1 is 1.12 bits per heavy atom. The lowest BCUT2D eigenvalue weighted by Crippen LogP contribution is -2.36. The summed E-state index contributed by atoms with van der Waals surface area (Å²) in [5, 5.41) is 3.41. The van der Waals surface area contributed by atoms with E-state index in [-0.39, 0.29) is 23.8 Å². The van der Waals surface area contributed by atoms with Gasteiger partial charge in [-0.15, -0.1) is 0 Å². The molecule has 0 spiro atoms. The van der Waals surface area contributed by atoms with Crippen LogP contribution in [0.4, 0.5) is 0 Å². The molecule has 0 radical (unpaired) electrons. The molecule has 0 aromatic heterocycles. The van der Waals surface area contributed by atoms with Crippen LogP contribution in [0.2, 0.25) is 0 Å². The van der Waals surface area contributed by atoms with Gasteiger partial charge < -0.3 is 10.1 Å². The second-order valence-electron chi connectivity index (χ2n) is 8.57. The summed E-state index contributed by atoms with van der Waals surface area (Å²) in [5.74, 6) is -0.622. The fourth-order valence-corrected chi connectivity index (χ4v) is 5.13. The van der Waals surface area contributed by atoms with E-state index in [1.807, 2.05) is 63.2 Å². The Hall–Kier alpha value is -2.66. The van der Waals surface area contributed by atoms with Crippen LogP contribution in [-0.2, 0) is 14.3 Å². The Morgan fingerprint density at radius 2 is 1.81 bits per heavy atom. The normalized spacial score (nSPS) is 21.7. The molecule has 2 aromatic rings. The number of Topliss-reactive ketones (excluding diaryl/α,β-unsaturated/α-hetero) is 1. The maximum atomic E-state index is 13.6. The first kappa shape index (κ1) is 22.5. The van der Waals surface area contributed by atoms with Gasteiger partial charge in [-0.1, -0.05) is 71.4 Å². The van der Waals surface area contributed by atoms with Crippen LogP contribution >= 0.6 is 15.9 Å². The van der Waals surface area contributed by atoms with Gasteiger partial charge in [0.1, 0.15) is 0 Å². The van der Waals surface area contributed by atoms with E-state index in [1.54, 1.807) is 0 Å². The Balaban J connectivity index is 1.80. The monoisotopic (exact) mass is 493 g/mol. The molecular weight excluding hydrogens is 466 g/mol. The predicted molar refractivity (Wildman–Crippen MR) is 129 cm³/mol. The zero-order chi connectivity index (χ0) is 22.8. The van der Waals surface area contributed by atoms with Crippen LogP contribution in [0.15, 0.2) is 81.6 Å². The molecule has 0 saturated heterocycles. The van der Waals surface area contributed by atoms with Crippen LogP contribution in [0.3, 0.4) is 0 Å². The summed E-state index contributed by atoms with van der Waals surface area (Å²) in [4.78, 5) is 26.8. The molecule has 1 N–H and O–H groups in total. The number of nitrogens with one attached hydrogen (secondary N) is 1. The van der Waals surface area contributed by atoms with Crippen LogP contribution in [0.25, 0.3) is 0 Å². The van der Waals surface area contributed by atoms with E-state index < -0.39 is 5.92 Å². The molecule has 4 nitrogen and oxygen atoms in total. The smallest absolute Gasteiger partial charge is 0.337 e. The molecule has 0 bridgehead atoms. The van der Waals surface area contributed by atoms with E-state index >= 15 is 0 Å². The lowest BCUT2D eigenvalue weighted by molar-refractivity contribution is -0.144. The molecule has 0 amide bonds. The predicted octanol–water partition coefficient (Wildman–Crippen LogP) is 6.15. The number of hydrogen-bond donors (Lipinski definition) is 1. The SMILES string of the molecule is CC[C@H](C)OC(=O)C1=C(C)NC2=C(C(=O)C[C@@H](c3ccccc3)C2)[C@H]1c1ccccc1Br. The number of halogens is 1. The van der Waals surface area contributed by atoms with Gasteiger partial charge in [-0.25, -0.2) is 4.79 Å². The number of esters is 1. The highest BCUT2D eigenvalue weighted by Crippen LogP contribution is 2.47. The number of dihydropyridines is 1. The lowest BCUT2D eigenvalue weighted by atomic mass is 9.72. The van der Waals surface area contributed by atoms with Crippen molar-refractivity contribution in [2.24, 2.45) is 0 Å². The van der Waals surface area contributed by atoms with Crippen LogP contribution < -0.4 is 5.32 Å². The minimum atomic E-state index is -0.456. The molecule has 0 saturated carbocycles. The van der Waals surface area contributed by atoms with E-state index in [0.717, 1.165) is 39.8 Å². The third-order valence-corrected chi connectivity index (χ3v) is 7.14. The molecule has 1 aliphatic carbocycles. The molecule has 166 valence electrons. The standard InChI is InChI=1S/C27H28BrNO3/c1-4-16(2)32-27(31)24-17(3)29-22-14-19(18-10-6-5-7-11-18)15-23(30)26(22)25(24)20-12-8-9-13-21(20)28/h5-13,16,19,25,29H,4,14-15H2,1-3H3/t16-,19-,25-/m0/s1. The molecule has 0 fully saturated rings. The van der Waals surface area contributed by atoms with Crippen molar-refractivity contribution < 1.29 is 14.3 Å². The number of hydrogen-bond acceptors (Lipinski definition) is 4. The van der Waals surface area contributed by atoms with E-state index in [9.17, 15) is 9.59 Å².